The molecule has 0 fully saturated rings. The van der Waals surface area contributed by atoms with Gasteiger partial charge in [-0.25, -0.2) is 0 Å². The second-order valence-electron chi connectivity index (χ2n) is 7.08. The zero-order chi connectivity index (χ0) is 18.7. The molecule has 0 unspecified atom stereocenters. The minimum absolute atomic E-state index is 0.259. The fourth-order valence-electron chi connectivity index (χ4n) is 2.79. The molecule has 3 rings (SSSR count). The number of ether oxygens (including phenoxy) is 1. The van der Waals surface area contributed by atoms with E-state index in [1.54, 1.807) is 26.1 Å². The molecule has 1 aliphatic heterocycles. The van der Waals surface area contributed by atoms with Gasteiger partial charge in [0.15, 0.2) is 0 Å². The number of hydrogen-bond donors (Lipinski definition) is 2. The molecule has 136 valence electrons. The predicted octanol–water partition coefficient (Wildman–Crippen LogP) is 2.91. The lowest BCUT2D eigenvalue weighted by Crippen LogP contribution is -2.32. The fourth-order valence-corrected chi connectivity index (χ4v) is 2.79. The van der Waals surface area contributed by atoms with Crippen molar-refractivity contribution in [2.75, 3.05) is 13.2 Å². The average molecular weight is 354 g/mol. The van der Waals surface area contributed by atoms with Crippen molar-refractivity contribution in [3.8, 4) is 16.9 Å². The van der Waals surface area contributed by atoms with Crippen LogP contribution < -0.4 is 10.1 Å². The third-order valence-corrected chi connectivity index (χ3v) is 4.64. The minimum Gasteiger partial charge on any atom is -0.493 e. The smallest absolute Gasteiger partial charge is 0.309 e. The lowest BCUT2D eigenvalue weighted by molar-refractivity contribution is -0.147. The lowest BCUT2D eigenvalue weighted by atomic mass is 9.90. The van der Waals surface area contributed by atoms with E-state index in [0.717, 1.165) is 28.9 Å². The number of carboxylic acids is 1. The number of nitrogens with zero attached hydrogens (tertiary/aromatic N) is 1. The van der Waals surface area contributed by atoms with Crippen molar-refractivity contribution in [3.63, 3.8) is 0 Å². The molecule has 0 aliphatic carbocycles. The number of hydrogen-bond acceptors (Lipinski definition) is 4. The molecule has 0 atom stereocenters. The van der Waals surface area contributed by atoms with Gasteiger partial charge in [0.25, 0.3) is 5.91 Å². The van der Waals surface area contributed by atoms with Crippen molar-refractivity contribution >= 4 is 11.9 Å². The lowest BCUT2D eigenvalue weighted by Gasteiger charge is -2.18. The molecule has 2 heterocycles. The van der Waals surface area contributed by atoms with Gasteiger partial charge in [-0.05, 0) is 49.6 Å². The number of nitrogens with one attached hydrogen (secondary N) is 1. The maximum atomic E-state index is 12.4. The van der Waals surface area contributed by atoms with Gasteiger partial charge in [-0.1, -0.05) is 6.07 Å². The number of aliphatic carboxylic acids is 1. The highest BCUT2D eigenvalue weighted by molar-refractivity contribution is 5.95. The SMILES string of the molecule is CC(C)(CCNC(=O)c1cncc(-c2ccc3c(c2)CCO3)c1)C(=O)O. The Hall–Kier alpha value is -2.89. The Morgan fingerprint density at radius 3 is 2.81 bits per heavy atom. The van der Waals surface area contributed by atoms with E-state index < -0.39 is 11.4 Å². The van der Waals surface area contributed by atoms with E-state index in [4.69, 9.17) is 9.84 Å². The molecule has 1 amide bonds. The average Bonchev–Trinajstić information content (AvgIpc) is 3.09. The number of amides is 1. The molecule has 0 radical (unpaired) electrons. The summed E-state index contributed by atoms with van der Waals surface area (Å²) in [6.45, 7) is 4.27. The number of carbonyl (C=O) groups is 2. The topological polar surface area (TPSA) is 88.5 Å². The third kappa shape index (κ3) is 3.85. The second-order valence-corrected chi connectivity index (χ2v) is 7.08. The minimum atomic E-state index is -0.879. The van der Waals surface area contributed by atoms with Crippen LogP contribution in [-0.4, -0.2) is 35.1 Å². The van der Waals surface area contributed by atoms with Crippen LogP contribution in [0.5, 0.6) is 5.75 Å². The van der Waals surface area contributed by atoms with Crippen molar-refractivity contribution in [1.29, 1.82) is 0 Å². The van der Waals surface area contributed by atoms with Crippen molar-refractivity contribution < 1.29 is 19.4 Å². The maximum absolute atomic E-state index is 12.4. The quantitative estimate of drug-likeness (QED) is 0.833. The first-order chi connectivity index (χ1) is 12.4. The molecule has 26 heavy (non-hydrogen) atoms. The van der Waals surface area contributed by atoms with Crippen molar-refractivity contribution in [3.05, 3.63) is 47.8 Å². The first-order valence-electron chi connectivity index (χ1n) is 8.59. The molecule has 1 aromatic carbocycles. The van der Waals surface area contributed by atoms with Crippen molar-refractivity contribution in [2.45, 2.75) is 26.7 Å². The van der Waals surface area contributed by atoms with Crippen LogP contribution in [-0.2, 0) is 11.2 Å². The van der Waals surface area contributed by atoms with Crippen LogP contribution >= 0.6 is 0 Å². The molecular formula is C20H22N2O4. The number of benzene rings is 1. The fraction of sp³-hybridized carbons (Fsp3) is 0.350. The molecule has 0 spiro atoms. The molecule has 2 aromatic rings. The Bertz CT molecular complexity index is 845. The monoisotopic (exact) mass is 354 g/mol. The summed E-state index contributed by atoms with van der Waals surface area (Å²) in [7, 11) is 0. The number of pyridine rings is 1. The molecular weight excluding hydrogens is 332 g/mol. The van der Waals surface area contributed by atoms with Crippen molar-refractivity contribution in [2.24, 2.45) is 5.41 Å². The van der Waals surface area contributed by atoms with E-state index in [0.29, 0.717) is 25.1 Å². The molecule has 0 saturated carbocycles. The Balaban J connectivity index is 1.69. The van der Waals surface area contributed by atoms with E-state index in [9.17, 15) is 9.59 Å². The highest BCUT2D eigenvalue weighted by Gasteiger charge is 2.26. The number of rotatable bonds is 6. The van der Waals surface area contributed by atoms with Crippen LogP contribution in [0.4, 0.5) is 0 Å². The standard InChI is InChI=1S/C20H22N2O4/c1-20(2,19(24)25)6-7-22-18(23)16-10-15(11-21-12-16)13-3-4-17-14(9-13)5-8-26-17/h3-4,9-12H,5-8H2,1-2H3,(H,22,23)(H,24,25). The van der Waals surface area contributed by atoms with E-state index >= 15 is 0 Å². The molecule has 6 heteroatoms. The first kappa shape index (κ1) is 17.9. The maximum Gasteiger partial charge on any atom is 0.309 e. The molecule has 0 bridgehead atoms. The van der Waals surface area contributed by atoms with Gasteiger partial charge in [-0.3, -0.25) is 14.6 Å². The second kappa shape index (κ2) is 7.15. The Morgan fingerprint density at radius 2 is 2.04 bits per heavy atom. The molecule has 1 aliphatic rings. The van der Waals surface area contributed by atoms with Gasteiger partial charge in [-0.2, -0.15) is 0 Å². The van der Waals surface area contributed by atoms with Crippen LogP contribution in [0.25, 0.3) is 11.1 Å². The summed E-state index contributed by atoms with van der Waals surface area (Å²) in [6, 6.07) is 7.76. The Labute approximate surface area is 152 Å². The summed E-state index contributed by atoms with van der Waals surface area (Å²) in [5.74, 6) is -0.224. The van der Waals surface area contributed by atoms with E-state index in [1.165, 1.54) is 6.20 Å². The van der Waals surface area contributed by atoms with E-state index in [-0.39, 0.29) is 5.91 Å². The van der Waals surface area contributed by atoms with E-state index in [1.807, 2.05) is 12.1 Å². The highest BCUT2D eigenvalue weighted by atomic mass is 16.5. The highest BCUT2D eigenvalue weighted by Crippen LogP contribution is 2.30. The zero-order valence-corrected chi connectivity index (χ0v) is 14.9. The summed E-state index contributed by atoms with van der Waals surface area (Å²) in [4.78, 5) is 27.6. The van der Waals surface area contributed by atoms with Crippen LogP contribution in [0.2, 0.25) is 0 Å². The van der Waals surface area contributed by atoms with Crippen molar-refractivity contribution in [1.82, 2.24) is 10.3 Å². The number of carbonyl (C=O) groups excluding carboxylic acids is 1. The summed E-state index contributed by atoms with van der Waals surface area (Å²) in [5.41, 5.74) is 2.59. The van der Waals surface area contributed by atoms with Gasteiger partial charge in [0.05, 0.1) is 17.6 Å². The van der Waals surface area contributed by atoms with Gasteiger partial charge in [-0.15, -0.1) is 0 Å². The Kier molecular flexibility index (Phi) is 4.93. The third-order valence-electron chi connectivity index (χ3n) is 4.64. The van der Waals surface area contributed by atoms with Crippen LogP contribution in [0.15, 0.2) is 36.7 Å². The van der Waals surface area contributed by atoms with Crippen LogP contribution in [0, 0.1) is 5.41 Å². The summed E-state index contributed by atoms with van der Waals surface area (Å²) < 4.78 is 5.52. The van der Waals surface area contributed by atoms with Gasteiger partial charge >= 0.3 is 5.97 Å². The molecule has 6 nitrogen and oxygen atoms in total. The number of aromatic nitrogens is 1. The molecule has 2 N–H and O–H groups in total. The predicted molar refractivity (Wildman–Crippen MR) is 97.2 cm³/mol. The van der Waals surface area contributed by atoms with Crippen LogP contribution in [0.1, 0.15) is 36.2 Å². The number of carboxylic acid groups (broad SMARTS) is 1. The van der Waals surface area contributed by atoms with Gasteiger partial charge in [0.2, 0.25) is 0 Å². The summed E-state index contributed by atoms with van der Waals surface area (Å²) in [5, 5.41) is 11.9. The molecule has 0 saturated heterocycles. The van der Waals surface area contributed by atoms with Crippen LogP contribution in [0.3, 0.4) is 0 Å². The molecule has 1 aromatic heterocycles. The van der Waals surface area contributed by atoms with Gasteiger partial charge in [0.1, 0.15) is 5.75 Å². The van der Waals surface area contributed by atoms with Gasteiger partial charge in [0, 0.05) is 30.9 Å². The Morgan fingerprint density at radius 1 is 1.23 bits per heavy atom. The normalized spacial score (nSPS) is 13.0. The van der Waals surface area contributed by atoms with E-state index in [2.05, 4.69) is 16.4 Å². The summed E-state index contributed by atoms with van der Waals surface area (Å²) in [6.07, 6.45) is 4.47. The largest absolute Gasteiger partial charge is 0.493 e. The van der Waals surface area contributed by atoms with Gasteiger partial charge < -0.3 is 15.2 Å². The number of fused-ring (bicyclic) bond motifs is 1. The first-order valence-corrected chi connectivity index (χ1v) is 8.59. The summed E-state index contributed by atoms with van der Waals surface area (Å²) >= 11 is 0. The zero-order valence-electron chi connectivity index (χ0n) is 14.9.